The van der Waals surface area contributed by atoms with E-state index in [1.54, 1.807) is 0 Å². The van der Waals surface area contributed by atoms with E-state index in [-0.39, 0.29) is 19.2 Å². The van der Waals surface area contributed by atoms with Crippen LogP contribution in [0.15, 0.2) is 11.1 Å². The number of methoxy groups -OCH3 is 1. The van der Waals surface area contributed by atoms with Crippen LogP contribution in [0, 0.1) is 0 Å². The number of carbonyl (C=O) groups is 1. The van der Waals surface area contributed by atoms with E-state index in [0.29, 0.717) is 4.48 Å². The molecule has 0 radical (unpaired) electrons. The Kier molecular flexibility index (Phi) is 5.25. The molecule has 0 saturated heterocycles. The second-order valence-electron chi connectivity index (χ2n) is 1.61. The van der Waals surface area contributed by atoms with E-state index in [2.05, 4.69) is 32.0 Å². The van der Waals surface area contributed by atoms with Crippen molar-refractivity contribution in [2.24, 2.45) is 0 Å². The van der Waals surface area contributed by atoms with Crippen LogP contribution in [0.25, 0.3) is 0 Å². The second-order valence-corrected chi connectivity index (χ2v) is 2.73. The van der Waals surface area contributed by atoms with Crippen molar-refractivity contribution in [3.05, 3.63) is 11.1 Å². The summed E-state index contributed by atoms with van der Waals surface area (Å²) in [4.78, 5) is 10.5. The number of hydrogen-bond acceptors (Lipinski definition) is 3. The lowest BCUT2D eigenvalue weighted by atomic mass is 10.6. The third-order valence-electron chi connectivity index (χ3n) is 0.652. The van der Waals surface area contributed by atoms with Gasteiger partial charge in [0, 0.05) is 11.6 Å². The summed E-state index contributed by atoms with van der Waals surface area (Å²) in [6, 6.07) is 0. The van der Waals surface area contributed by atoms with Crippen molar-refractivity contribution in [3.8, 4) is 0 Å². The molecule has 0 atom stereocenters. The highest BCUT2D eigenvalue weighted by atomic mass is 79.9. The zero-order valence-electron chi connectivity index (χ0n) is 5.72. The minimum absolute atomic E-state index is 0.0136. The highest BCUT2D eigenvalue weighted by Gasteiger charge is 1.99. The quantitative estimate of drug-likeness (QED) is 0.650. The molecule has 10 heavy (non-hydrogen) atoms. The number of esters is 1. The van der Waals surface area contributed by atoms with Crippen LogP contribution >= 0.6 is 15.9 Å². The molecule has 4 heteroatoms. The van der Waals surface area contributed by atoms with Gasteiger partial charge in [0.1, 0.15) is 13.2 Å². The molecule has 0 rings (SSSR count). The molecule has 0 saturated carbocycles. The molecule has 0 N–H and O–H groups in total. The predicted molar refractivity (Wildman–Crippen MR) is 40.9 cm³/mol. The van der Waals surface area contributed by atoms with Gasteiger partial charge in [-0.25, -0.2) is 4.79 Å². The van der Waals surface area contributed by atoms with E-state index >= 15 is 0 Å². The first-order valence-electron chi connectivity index (χ1n) is 2.64. The van der Waals surface area contributed by atoms with Crippen molar-refractivity contribution in [1.82, 2.24) is 0 Å². The van der Waals surface area contributed by atoms with E-state index in [9.17, 15) is 4.79 Å². The van der Waals surface area contributed by atoms with E-state index < -0.39 is 0 Å². The number of halogens is 1. The minimum atomic E-state index is -0.386. The maximum Gasteiger partial charge on any atom is 0.332 e. The maximum absolute atomic E-state index is 10.5. The molecule has 0 aromatic rings. The Bertz CT molecular complexity index is 133. The zero-order chi connectivity index (χ0) is 7.98. The van der Waals surface area contributed by atoms with Gasteiger partial charge in [-0.3, -0.25) is 0 Å². The topological polar surface area (TPSA) is 35.5 Å². The Labute approximate surface area is 68.1 Å². The van der Waals surface area contributed by atoms with Crippen LogP contribution in [0.1, 0.15) is 0 Å². The van der Waals surface area contributed by atoms with Gasteiger partial charge in [0.2, 0.25) is 0 Å². The highest BCUT2D eigenvalue weighted by molar-refractivity contribution is 9.11. The van der Waals surface area contributed by atoms with Gasteiger partial charge in [-0.2, -0.15) is 0 Å². The largest absolute Gasteiger partial charge is 0.459 e. The standard InChI is InChI=1S/C6H9BrO3/c1-5(7)3-10-6(8)4-9-2/h1,3-4H2,2H3. The van der Waals surface area contributed by atoms with Crippen LogP contribution in [0.3, 0.4) is 0 Å². The average molecular weight is 209 g/mol. The van der Waals surface area contributed by atoms with Gasteiger partial charge in [0.15, 0.2) is 0 Å². The van der Waals surface area contributed by atoms with Crippen LogP contribution in [-0.2, 0) is 14.3 Å². The average Bonchev–Trinajstić information content (AvgIpc) is 1.85. The lowest BCUT2D eigenvalue weighted by Gasteiger charge is -2.00. The molecule has 3 nitrogen and oxygen atoms in total. The second kappa shape index (κ2) is 5.44. The molecule has 0 amide bonds. The fourth-order valence-corrected chi connectivity index (χ4v) is 0.433. The molecule has 58 valence electrons. The zero-order valence-corrected chi connectivity index (χ0v) is 7.31. The predicted octanol–water partition coefficient (Wildman–Crippen LogP) is 1.08. The van der Waals surface area contributed by atoms with Crippen molar-refractivity contribution in [3.63, 3.8) is 0 Å². The Morgan fingerprint density at radius 2 is 2.20 bits per heavy atom. The number of carbonyl (C=O) groups excluding carboxylic acids is 1. The first-order chi connectivity index (χ1) is 4.66. The molecular weight excluding hydrogens is 200 g/mol. The highest BCUT2D eigenvalue weighted by Crippen LogP contribution is 1.99. The smallest absolute Gasteiger partial charge is 0.332 e. The Morgan fingerprint density at radius 1 is 1.60 bits per heavy atom. The van der Waals surface area contributed by atoms with Crippen LogP contribution in [0.4, 0.5) is 0 Å². The normalized spacial score (nSPS) is 9.00. The molecule has 0 aliphatic heterocycles. The van der Waals surface area contributed by atoms with Crippen molar-refractivity contribution < 1.29 is 14.3 Å². The molecule has 0 aliphatic rings. The monoisotopic (exact) mass is 208 g/mol. The lowest BCUT2D eigenvalue weighted by molar-refractivity contribution is -0.146. The summed E-state index contributed by atoms with van der Waals surface area (Å²) >= 11 is 3.04. The minimum Gasteiger partial charge on any atom is -0.459 e. The summed E-state index contributed by atoms with van der Waals surface area (Å²) in [5.41, 5.74) is 0. The van der Waals surface area contributed by atoms with Gasteiger partial charge in [0.05, 0.1) is 0 Å². The summed E-state index contributed by atoms with van der Waals surface area (Å²) < 4.78 is 9.79. The maximum atomic E-state index is 10.5. The fraction of sp³-hybridized carbons (Fsp3) is 0.500. The van der Waals surface area contributed by atoms with E-state index in [0.717, 1.165) is 0 Å². The Balaban J connectivity index is 3.30. The molecule has 0 unspecified atom stereocenters. The SMILES string of the molecule is C=C(Br)COC(=O)COC. The van der Waals surface area contributed by atoms with Crippen molar-refractivity contribution in [1.29, 1.82) is 0 Å². The van der Waals surface area contributed by atoms with Crippen LogP contribution in [0.2, 0.25) is 0 Å². The van der Waals surface area contributed by atoms with Gasteiger partial charge in [-0.1, -0.05) is 22.5 Å². The Morgan fingerprint density at radius 3 is 2.60 bits per heavy atom. The van der Waals surface area contributed by atoms with E-state index in [1.807, 2.05) is 0 Å². The van der Waals surface area contributed by atoms with Crippen LogP contribution < -0.4 is 0 Å². The summed E-state index contributed by atoms with van der Waals surface area (Å²) in [6.45, 7) is 3.67. The molecular formula is C6H9BrO3. The molecule has 0 aromatic carbocycles. The fourth-order valence-electron chi connectivity index (χ4n) is 0.318. The summed E-state index contributed by atoms with van der Waals surface area (Å²) in [6.07, 6.45) is 0. The van der Waals surface area contributed by atoms with Crippen molar-refractivity contribution >= 4 is 21.9 Å². The lowest BCUT2D eigenvalue weighted by Crippen LogP contribution is -2.11. The molecule has 0 fully saturated rings. The first kappa shape index (κ1) is 9.65. The number of ether oxygens (including phenoxy) is 2. The molecule has 0 bridgehead atoms. The van der Waals surface area contributed by atoms with Gasteiger partial charge in [-0.15, -0.1) is 0 Å². The molecule has 0 heterocycles. The van der Waals surface area contributed by atoms with Crippen LogP contribution in [0.5, 0.6) is 0 Å². The van der Waals surface area contributed by atoms with Gasteiger partial charge < -0.3 is 9.47 Å². The molecule has 0 aliphatic carbocycles. The molecule has 0 aromatic heterocycles. The van der Waals surface area contributed by atoms with Gasteiger partial charge in [-0.05, 0) is 0 Å². The number of rotatable bonds is 4. The summed E-state index contributed by atoms with van der Waals surface area (Å²) in [5, 5.41) is 0. The molecule has 0 spiro atoms. The van der Waals surface area contributed by atoms with Crippen LogP contribution in [-0.4, -0.2) is 26.3 Å². The van der Waals surface area contributed by atoms with Crippen molar-refractivity contribution in [2.75, 3.05) is 20.3 Å². The third-order valence-corrected chi connectivity index (χ3v) is 0.881. The third kappa shape index (κ3) is 5.78. The summed E-state index contributed by atoms with van der Waals surface area (Å²) in [7, 11) is 1.43. The van der Waals surface area contributed by atoms with E-state index in [4.69, 9.17) is 0 Å². The first-order valence-corrected chi connectivity index (χ1v) is 3.44. The van der Waals surface area contributed by atoms with Gasteiger partial charge >= 0.3 is 5.97 Å². The summed E-state index contributed by atoms with van der Waals surface area (Å²) in [5.74, 6) is -0.386. The number of hydrogen-bond donors (Lipinski definition) is 0. The van der Waals surface area contributed by atoms with Gasteiger partial charge in [0.25, 0.3) is 0 Å². The Hall–Kier alpha value is -0.350. The van der Waals surface area contributed by atoms with Crippen molar-refractivity contribution in [2.45, 2.75) is 0 Å². The van der Waals surface area contributed by atoms with E-state index in [1.165, 1.54) is 7.11 Å².